The molecule has 2 heterocycles. The molecule has 1 atom stereocenters. The van der Waals surface area contributed by atoms with Gasteiger partial charge in [-0.3, -0.25) is 9.69 Å². The summed E-state index contributed by atoms with van der Waals surface area (Å²) in [5.41, 5.74) is 0.210. The summed E-state index contributed by atoms with van der Waals surface area (Å²) < 4.78 is 25.4. The first-order valence-electron chi connectivity index (χ1n) is 10.0. The Kier molecular flexibility index (Phi) is 6.83. The minimum Gasteiger partial charge on any atom is -0.444 e. The van der Waals surface area contributed by atoms with Crippen LogP contribution in [0.4, 0.5) is 30.1 Å². The van der Waals surface area contributed by atoms with Crippen LogP contribution in [0, 0.1) is 5.82 Å². The van der Waals surface area contributed by atoms with Gasteiger partial charge in [-0.05, 0) is 39.0 Å². The Labute approximate surface area is 185 Å². The number of carbonyl (C=O) groups is 3. The molecule has 0 aromatic heterocycles. The van der Waals surface area contributed by atoms with Gasteiger partial charge >= 0.3 is 12.2 Å². The highest BCUT2D eigenvalue weighted by Gasteiger charge is 2.33. The van der Waals surface area contributed by atoms with E-state index >= 15 is 0 Å². The van der Waals surface area contributed by atoms with E-state index < -0.39 is 28.9 Å². The fourth-order valence-corrected chi connectivity index (χ4v) is 3.51. The number of anilines is 2. The zero-order valence-electron chi connectivity index (χ0n) is 17.8. The Morgan fingerprint density at radius 2 is 1.94 bits per heavy atom. The van der Waals surface area contributed by atoms with Gasteiger partial charge in [0.2, 0.25) is 0 Å². The van der Waals surface area contributed by atoms with Gasteiger partial charge in [0.05, 0.1) is 24.5 Å². The molecule has 1 aromatic rings. The monoisotopic (exact) mass is 454 g/mol. The van der Waals surface area contributed by atoms with Gasteiger partial charge in [-0.15, -0.1) is 0 Å². The number of hydrogen-bond acceptors (Lipinski definition) is 6. The normalized spacial score (nSPS) is 19.3. The summed E-state index contributed by atoms with van der Waals surface area (Å²) in [5, 5.41) is 1.95. The van der Waals surface area contributed by atoms with Gasteiger partial charge in [0, 0.05) is 26.2 Å². The highest BCUT2D eigenvalue weighted by atomic mass is 32.1. The summed E-state index contributed by atoms with van der Waals surface area (Å²) in [7, 11) is 0. The molecule has 1 aromatic carbocycles. The van der Waals surface area contributed by atoms with E-state index in [4.69, 9.17) is 9.47 Å². The van der Waals surface area contributed by atoms with Crippen LogP contribution in [-0.2, 0) is 9.47 Å². The lowest BCUT2D eigenvalue weighted by molar-refractivity contribution is 0.0240. The summed E-state index contributed by atoms with van der Waals surface area (Å²) >= 11 is 3.61. The number of cyclic esters (lactones) is 1. The second-order valence-electron chi connectivity index (χ2n) is 8.39. The fourth-order valence-electron chi connectivity index (χ4n) is 3.42. The summed E-state index contributed by atoms with van der Waals surface area (Å²) in [4.78, 5) is 40.0. The van der Waals surface area contributed by atoms with Gasteiger partial charge in [0.15, 0.2) is 0 Å². The molecule has 170 valence electrons. The van der Waals surface area contributed by atoms with Crippen LogP contribution < -0.4 is 15.1 Å². The molecule has 0 radical (unpaired) electrons. The molecule has 3 amide bonds. The number of benzene rings is 1. The third-order valence-corrected chi connectivity index (χ3v) is 5.03. The van der Waals surface area contributed by atoms with Gasteiger partial charge in [-0.25, -0.2) is 14.0 Å². The molecule has 2 aliphatic rings. The fraction of sp³-hybridized carbons (Fsp3) is 0.550. The quantitative estimate of drug-likeness (QED) is 0.680. The number of amides is 3. The molecule has 31 heavy (non-hydrogen) atoms. The molecule has 0 aliphatic carbocycles. The van der Waals surface area contributed by atoms with Crippen molar-refractivity contribution in [3.8, 4) is 0 Å². The SMILES string of the molecule is CC(C)(C)OC(=O)N1CCN(c2ccc(N3C[C@H](CNC(=O)S)OC3=O)cc2F)CC1. The first kappa shape index (κ1) is 23.0. The lowest BCUT2D eigenvalue weighted by Crippen LogP contribution is -2.50. The average molecular weight is 455 g/mol. The molecule has 2 saturated heterocycles. The molecule has 0 spiro atoms. The van der Waals surface area contributed by atoms with Crippen LogP contribution >= 0.6 is 12.6 Å². The smallest absolute Gasteiger partial charge is 0.414 e. The minimum absolute atomic E-state index is 0.132. The van der Waals surface area contributed by atoms with Crippen LogP contribution in [0.1, 0.15) is 20.8 Å². The number of hydrogen-bond donors (Lipinski definition) is 2. The molecular weight excluding hydrogens is 427 g/mol. The van der Waals surface area contributed by atoms with Crippen LogP contribution in [0.3, 0.4) is 0 Å². The number of thiol groups is 1. The second kappa shape index (κ2) is 9.21. The number of carbonyl (C=O) groups excluding carboxylic acids is 3. The summed E-state index contributed by atoms with van der Waals surface area (Å²) in [6.45, 7) is 7.54. The Balaban J connectivity index is 1.60. The number of halogens is 1. The lowest BCUT2D eigenvalue weighted by Gasteiger charge is -2.37. The molecule has 0 bridgehead atoms. The maximum atomic E-state index is 14.9. The van der Waals surface area contributed by atoms with Gasteiger partial charge in [0.1, 0.15) is 17.5 Å². The molecular formula is C20H27FN4O5S. The number of nitrogens with one attached hydrogen (secondary N) is 1. The maximum absolute atomic E-state index is 14.9. The molecule has 11 heteroatoms. The van der Waals surface area contributed by atoms with Crippen LogP contribution in [0.5, 0.6) is 0 Å². The van der Waals surface area contributed by atoms with Crippen molar-refractivity contribution in [1.29, 1.82) is 0 Å². The molecule has 0 unspecified atom stereocenters. The Bertz CT molecular complexity index is 854. The molecule has 2 fully saturated rings. The van der Waals surface area contributed by atoms with Gasteiger partial charge in [-0.1, -0.05) is 12.6 Å². The average Bonchev–Trinajstić information content (AvgIpc) is 3.06. The van der Waals surface area contributed by atoms with Crippen molar-refractivity contribution < 1.29 is 28.2 Å². The van der Waals surface area contributed by atoms with Crippen molar-refractivity contribution in [3.05, 3.63) is 24.0 Å². The van der Waals surface area contributed by atoms with E-state index in [2.05, 4.69) is 17.9 Å². The van der Waals surface area contributed by atoms with Gasteiger partial charge in [-0.2, -0.15) is 0 Å². The Morgan fingerprint density at radius 3 is 2.52 bits per heavy atom. The van der Waals surface area contributed by atoms with Crippen molar-refractivity contribution in [2.75, 3.05) is 49.1 Å². The number of piperazine rings is 1. The van der Waals surface area contributed by atoms with Crippen LogP contribution in [-0.4, -0.2) is 73.3 Å². The highest BCUT2D eigenvalue weighted by molar-refractivity contribution is 7.96. The summed E-state index contributed by atoms with van der Waals surface area (Å²) in [5.74, 6) is -0.469. The van der Waals surface area contributed by atoms with Crippen LogP contribution in [0.25, 0.3) is 0 Å². The molecule has 1 N–H and O–H groups in total. The molecule has 3 rings (SSSR count). The standard InChI is InChI=1S/C20H27FN4O5S/c1-20(2,3)30-18(27)24-8-6-23(7-9-24)16-5-4-13(10-15(16)21)25-12-14(29-19(25)28)11-22-17(26)31/h4-5,10,14H,6-9,11-12H2,1-3H3,(H2,22,26,31)/t14-/m0/s1. The van der Waals surface area contributed by atoms with E-state index in [0.29, 0.717) is 37.6 Å². The van der Waals surface area contributed by atoms with E-state index in [1.807, 2.05) is 25.7 Å². The van der Waals surface area contributed by atoms with Crippen molar-refractivity contribution in [1.82, 2.24) is 10.2 Å². The molecule has 2 aliphatic heterocycles. The lowest BCUT2D eigenvalue weighted by atomic mass is 10.2. The third kappa shape index (κ3) is 5.93. The van der Waals surface area contributed by atoms with E-state index in [0.717, 1.165) is 0 Å². The number of rotatable bonds is 4. The Hall–Kier alpha value is -2.69. The van der Waals surface area contributed by atoms with Crippen molar-refractivity contribution in [2.24, 2.45) is 0 Å². The molecule has 0 saturated carbocycles. The largest absolute Gasteiger partial charge is 0.444 e. The predicted molar refractivity (Wildman–Crippen MR) is 116 cm³/mol. The first-order chi connectivity index (χ1) is 14.5. The number of nitrogens with zero attached hydrogens (tertiary/aromatic N) is 3. The van der Waals surface area contributed by atoms with E-state index in [9.17, 15) is 18.8 Å². The van der Waals surface area contributed by atoms with Crippen LogP contribution in [0.2, 0.25) is 0 Å². The van der Waals surface area contributed by atoms with Crippen molar-refractivity contribution in [3.63, 3.8) is 0 Å². The number of ether oxygens (including phenoxy) is 2. The second-order valence-corrected chi connectivity index (χ2v) is 8.80. The van der Waals surface area contributed by atoms with Crippen molar-refractivity contribution >= 4 is 41.4 Å². The first-order valence-corrected chi connectivity index (χ1v) is 10.5. The zero-order valence-corrected chi connectivity index (χ0v) is 18.7. The van der Waals surface area contributed by atoms with E-state index in [1.165, 1.54) is 11.0 Å². The van der Waals surface area contributed by atoms with Gasteiger partial charge < -0.3 is 24.6 Å². The van der Waals surface area contributed by atoms with Crippen LogP contribution in [0.15, 0.2) is 18.2 Å². The van der Waals surface area contributed by atoms with E-state index in [1.54, 1.807) is 17.0 Å². The summed E-state index contributed by atoms with van der Waals surface area (Å²) in [6, 6.07) is 4.56. The highest BCUT2D eigenvalue weighted by Crippen LogP contribution is 2.28. The minimum atomic E-state index is -0.600. The third-order valence-electron chi connectivity index (χ3n) is 4.87. The van der Waals surface area contributed by atoms with E-state index in [-0.39, 0.29) is 19.2 Å². The summed E-state index contributed by atoms with van der Waals surface area (Å²) in [6.07, 6.45) is -1.51. The zero-order chi connectivity index (χ0) is 22.8. The predicted octanol–water partition coefficient (Wildman–Crippen LogP) is 2.85. The van der Waals surface area contributed by atoms with Crippen molar-refractivity contribution in [2.45, 2.75) is 32.5 Å². The molecule has 9 nitrogen and oxygen atoms in total. The Morgan fingerprint density at radius 1 is 1.26 bits per heavy atom. The maximum Gasteiger partial charge on any atom is 0.414 e. The van der Waals surface area contributed by atoms with Gasteiger partial charge in [0.25, 0.3) is 5.24 Å². The topological polar surface area (TPSA) is 91.4 Å².